The molecule has 1 saturated carbocycles. The van der Waals surface area contributed by atoms with Gasteiger partial charge in [-0.15, -0.1) is 0 Å². The average Bonchev–Trinajstić information content (AvgIpc) is 3.08. The lowest BCUT2D eigenvalue weighted by atomic mass is 10.2. The van der Waals surface area contributed by atoms with E-state index in [1.165, 1.54) is 19.4 Å². The van der Waals surface area contributed by atoms with Gasteiger partial charge in [0, 0.05) is 30.9 Å². The van der Waals surface area contributed by atoms with E-state index in [0.717, 1.165) is 24.7 Å². The molecule has 1 aliphatic heterocycles. The summed E-state index contributed by atoms with van der Waals surface area (Å²) in [6.07, 6.45) is 3.85. The highest BCUT2D eigenvalue weighted by Crippen LogP contribution is 2.36. The summed E-state index contributed by atoms with van der Waals surface area (Å²) in [4.78, 5) is 2.54. The molecule has 98 valence electrons. The molecule has 2 fully saturated rings. The molecule has 2 N–H and O–H groups in total. The summed E-state index contributed by atoms with van der Waals surface area (Å²) in [6, 6.07) is 4.72. The zero-order valence-corrected chi connectivity index (χ0v) is 11.5. The minimum Gasteiger partial charge on any atom is -0.505 e. The fraction of sp³-hybridized carbons (Fsp3) is 0.538. The largest absolute Gasteiger partial charge is 0.505 e. The average molecular weight is 287 g/mol. The molecule has 18 heavy (non-hydrogen) atoms. The number of benzene rings is 1. The SMILES string of the molecule is Oc1c(Cl)cc(NC2CCN(C3CC3)C2)cc1Cl. The maximum absolute atomic E-state index is 9.51. The van der Waals surface area contributed by atoms with Crippen LogP contribution in [0.15, 0.2) is 12.1 Å². The van der Waals surface area contributed by atoms with Gasteiger partial charge in [0.1, 0.15) is 0 Å². The second kappa shape index (κ2) is 4.80. The number of anilines is 1. The Morgan fingerprint density at radius 1 is 1.17 bits per heavy atom. The number of nitrogens with one attached hydrogen (secondary N) is 1. The molecule has 3 nitrogen and oxygen atoms in total. The van der Waals surface area contributed by atoms with Crippen molar-refractivity contribution in [2.75, 3.05) is 18.4 Å². The molecule has 2 aliphatic rings. The number of likely N-dealkylation sites (tertiary alicyclic amines) is 1. The third-order valence-electron chi connectivity index (χ3n) is 3.67. The summed E-state index contributed by atoms with van der Waals surface area (Å²) in [5.74, 6) is -0.0464. The first-order valence-electron chi connectivity index (χ1n) is 6.32. The maximum Gasteiger partial charge on any atom is 0.152 e. The predicted octanol–water partition coefficient (Wildman–Crippen LogP) is 3.35. The lowest BCUT2D eigenvalue weighted by Gasteiger charge is -2.17. The molecule has 0 amide bonds. The monoisotopic (exact) mass is 286 g/mol. The van der Waals surface area contributed by atoms with E-state index in [4.69, 9.17) is 23.2 Å². The van der Waals surface area contributed by atoms with Gasteiger partial charge in [-0.25, -0.2) is 0 Å². The molecule has 1 atom stereocenters. The van der Waals surface area contributed by atoms with Crippen molar-refractivity contribution in [2.45, 2.75) is 31.3 Å². The topological polar surface area (TPSA) is 35.5 Å². The molecule has 0 radical (unpaired) electrons. The maximum atomic E-state index is 9.51. The summed E-state index contributed by atoms with van der Waals surface area (Å²) in [6.45, 7) is 2.25. The zero-order chi connectivity index (χ0) is 12.7. The van der Waals surface area contributed by atoms with Gasteiger partial charge >= 0.3 is 0 Å². The van der Waals surface area contributed by atoms with Gasteiger partial charge in [-0.3, -0.25) is 4.90 Å². The smallest absolute Gasteiger partial charge is 0.152 e. The molecule has 3 rings (SSSR count). The quantitative estimate of drug-likeness (QED) is 0.837. The van der Waals surface area contributed by atoms with Crippen LogP contribution in [0.5, 0.6) is 5.75 Å². The van der Waals surface area contributed by atoms with Gasteiger partial charge in [0.05, 0.1) is 10.0 Å². The summed E-state index contributed by atoms with van der Waals surface area (Å²) < 4.78 is 0. The van der Waals surface area contributed by atoms with Crippen LogP contribution in [-0.2, 0) is 0 Å². The normalized spacial score (nSPS) is 24.4. The fourth-order valence-corrected chi connectivity index (χ4v) is 3.05. The zero-order valence-electron chi connectivity index (χ0n) is 10.00. The lowest BCUT2D eigenvalue weighted by molar-refractivity contribution is 0.326. The number of phenols is 1. The van der Waals surface area contributed by atoms with Crippen LogP contribution < -0.4 is 5.32 Å². The Morgan fingerprint density at radius 3 is 2.44 bits per heavy atom. The van der Waals surface area contributed by atoms with Crippen LogP contribution in [-0.4, -0.2) is 35.2 Å². The second-order valence-corrected chi connectivity index (χ2v) is 5.96. The highest BCUT2D eigenvalue weighted by Gasteiger charge is 2.34. The van der Waals surface area contributed by atoms with Crippen molar-refractivity contribution in [2.24, 2.45) is 0 Å². The molecule has 1 saturated heterocycles. The Kier molecular flexibility index (Phi) is 3.31. The van der Waals surface area contributed by atoms with Crippen molar-refractivity contribution in [3.8, 4) is 5.75 Å². The number of nitrogens with zero attached hydrogens (tertiary/aromatic N) is 1. The molecule has 1 aromatic carbocycles. The van der Waals surface area contributed by atoms with Crippen LogP contribution in [0.2, 0.25) is 10.0 Å². The molecular formula is C13H16Cl2N2O. The third-order valence-corrected chi connectivity index (χ3v) is 4.25. The molecule has 0 spiro atoms. The molecule has 0 bridgehead atoms. The number of hydrogen-bond donors (Lipinski definition) is 2. The van der Waals surface area contributed by atoms with Gasteiger partial charge < -0.3 is 10.4 Å². The number of phenolic OH excluding ortho intramolecular Hbond substituents is 1. The molecular weight excluding hydrogens is 271 g/mol. The summed E-state index contributed by atoms with van der Waals surface area (Å²) in [5.41, 5.74) is 0.880. The Bertz CT molecular complexity index is 439. The third kappa shape index (κ3) is 2.53. The van der Waals surface area contributed by atoms with Gasteiger partial charge in [0.25, 0.3) is 0 Å². The summed E-state index contributed by atoms with van der Waals surface area (Å²) in [7, 11) is 0. The Balaban J connectivity index is 1.66. The number of aromatic hydroxyl groups is 1. The number of rotatable bonds is 3. The Hall–Kier alpha value is -0.640. The first-order chi connectivity index (χ1) is 8.63. The minimum atomic E-state index is -0.0464. The van der Waals surface area contributed by atoms with Crippen LogP contribution in [0, 0.1) is 0 Å². The van der Waals surface area contributed by atoms with E-state index in [1.54, 1.807) is 12.1 Å². The van der Waals surface area contributed by atoms with Gasteiger partial charge in [-0.2, -0.15) is 0 Å². The van der Waals surface area contributed by atoms with Crippen molar-refractivity contribution in [3.05, 3.63) is 22.2 Å². The van der Waals surface area contributed by atoms with E-state index in [-0.39, 0.29) is 5.75 Å². The van der Waals surface area contributed by atoms with Gasteiger partial charge in [-0.1, -0.05) is 23.2 Å². The summed E-state index contributed by atoms with van der Waals surface area (Å²) in [5, 5.41) is 13.5. The van der Waals surface area contributed by atoms with Crippen molar-refractivity contribution in [1.29, 1.82) is 0 Å². The van der Waals surface area contributed by atoms with E-state index in [0.29, 0.717) is 16.1 Å². The van der Waals surface area contributed by atoms with Crippen LogP contribution in [0.25, 0.3) is 0 Å². The fourth-order valence-electron chi connectivity index (χ4n) is 2.56. The van der Waals surface area contributed by atoms with E-state index in [1.807, 2.05) is 0 Å². The second-order valence-electron chi connectivity index (χ2n) is 5.14. The Morgan fingerprint density at radius 2 is 1.83 bits per heavy atom. The van der Waals surface area contributed by atoms with E-state index < -0.39 is 0 Å². The van der Waals surface area contributed by atoms with Crippen LogP contribution in [0.3, 0.4) is 0 Å². The molecule has 1 unspecified atom stereocenters. The standard InChI is InChI=1S/C13H16Cl2N2O/c14-11-5-9(6-12(15)13(11)18)16-8-3-4-17(7-8)10-1-2-10/h5-6,8,10,16,18H,1-4,7H2. The highest BCUT2D eigenvalue weighted by molar-refractivity contribution is 6.37. The molecule has 1 aliphatic carbocycles. The van der Waals surface area contributed by atoms with Crippen LogP contribution in [0.4, 0.5) is 5.69 Å². The first-order valence-corrected chi connectivity index (χ1v) is 7.07. The molecule has 1 heterocycles. The Labute approximate surface area is 117 Å². The molecule has 0 aromatic heterocycles. The van der Waals surface area contributed by atoms with Crippen molar-refractivity contribution in [3.63, 3.8) is 0 Å². The number of hydrogen-bond acceptors (Lipinski definition) is 3. The van der Waals surface area contributed by atoms with Crippen molar-refractivity contribution < 1.29 is 5.11 Å². The molecule has 5 heteroatoms. The minimum absolute atomic E-state index is 0.0464. The predicted molar refractivity (Wildman–Crippen MR) is 74.7 cm³/mol. The van der Waals surface area contributed by atoms with E-state index >= 15 is 0 Å². The van der Waals surface area contributed by atoms with Gasteiger partial charge in [-0.05, 0) is 31.4 Å². The highest BCUT2D eigenvalue weighted by atomic mass is 35.5. The van der Waals surface area contributed by atoms with E-state index in [2.05, 4.69) is 10.2 Å². The first kappa shape index (κ1) is 12.4. The number of halogens is 2. The summed E-state index contributed by atoms with van der Waals surface area (Å²) >= 11 is 11.8. The van der Waals surface area contributed by atoms with Crippen molar-refractivity contribution >= 4 is 28.9 Å². The molecule has 1 aromatic rings. The van der Waals surface area contributed by atoms with Gasteiger partial charge in [0.15, 0.2) is 5.75 Å². The van der Waals surface area contributed by atoms with Crippen LogP contribution >= 0.6 is 23.2 Å². The lowest BCUT2D eigenvalue weighted by Crippen LogP contribution is -2.27. The van der Waals surface area contributed by atoms with Crippen molar-refractivity contribution in [1.82, 2.24) is 4.90 Å². The van der Waals surface area contributed by atoms with Gasteiger partial charge in [0.2, 0.25) is 0 Å². The van der Waals surface area contributed by atoms with E-state index in [9.17, 15) is 5.11 Å². The van der Waals surface area contributed by atoms with Crippen LogP contribution in [0.1, 0.15) is 19.3 Å².